The molecule has 1 aliphatic carbocycles. The molecule has 1 unspecified atom stereocenters. The normalized spacial score (nSPS) is 14.5. The Balaban J connectivity index is 1.14. The lowest BCUT2D eigenvalue weighted by Crippen LogP contribution is -2.22. The van der Waals surface area contributed by atoms with Gasteiger partial charge in [0.2, 0.25) is 0 Å². The minimum absolute atomic E-state index is 0.268. The van der Waals surface area contributed by atoms with Gasteiger partial charge in [-0.05, 0) is 77.8 Å². The fourth-order valence-corrected chi connectivity index (χ4v) is 5.52. The van der Waals surface area contributed by atoms with Crippen molar-refractivity contribution in [2.75, 3.05) is 6.61 Å². The molecule has 4 heteroatoms. The predicted octanol–water partition coefficient (Wildman–Crippen LogP) is 9.42. The summed E-state index contributed by atoms with van der Waals surface area (Å²) in [5, 5.41) is 9.29. The molecular weight excluding hydrogens is 496 g/mol. The van der Waals surface area contributed by atoms with Gasteiger partial charge < -0.3 is 14.6 Å². The highest BCUT2D eigenvalue weighted by atomic mass is 16.5. The first kappa shape index (κ1) is 29.7. The van der Waals surface area contributed by atoms with Crippen LogP contribution in [0.15, 0.2) is 66.7 Å². The van der Waals surface area contributed by atoms with Gasteiger partial charge in [0.05, 0.1) is 12.5 Å². The van der Waals surface area contributed by atoms with E-state index >= 15 is 0 Å². The van der Waals surface area contributed by atoms with E-state index in [2.05, 4.69) is 61.5 Å². The van der Waals surface area contributed by atoms with Crippen LogP contribution in [0, 0.1) is 5.92 Å². The second-order valence-corrected chi connectivity index (χ2v) is 11.2. The number of hydrogen-bond acceptors (Lipinski definition) is 3. The Hall–Kier alpha value is -3.27. The lowest BCUT2D eigenvalue weighted by molar-refractivity contribution is -0.142. The van der Waals surface area contributed by atoms with Crippen molar-refractivity contribution in [3.8, 4) is 22.6 Å². The number of carboxylic acid groups (broad SMARTS) is 1. The van der Waals surface area contributed by atoms with Gasteiger partial charge in [-0.2, -0.15) is 0 Å². The molecule has 4 nitrogen and oxygen atoms in total. The fourth-order valence-electron chi connectivity index (χ4n) is 5.52. The molecule has 4 rings (SSSR count). The van der Waals surface area contributed by atoms with Crippen molar-refractivity contribution >= 4 is 5.97 Å². The summed E-state index contributed by atoms with van der Waals surface area (Å²) >= 11 is 0. The molecule has 3 aromatic carbocycles. The summed E-state index contributed by atoms with van der Waals surface area (Å²) in [4.78, 5) is 11.3. The molecule has 40 heavy (non-hydrogen) atoms. The van der Waals surface area contributed by atoms with Gasteiger partial charge in [0.25, 0.3) is 0 Å². The van der Waals surface area contributed by atoms with Crippen LogP contribution in [0.4, 0.5) is 0 Å². The molecule has 0 radical (unpaired) electrons. The van der Waals surface area contributed by atoms with Crippen LogP contribution in [0.3, 0.4) is 0 Å². The zero-order valence-corrected chi connectivity index (χ0v) is 24.2. The standard InChI is InChI=1S/C36H46O4/c1-2-3-4-5-6-7-8-9-10-11-24-39-34-21-18-30(19-22-34)29-14-12-28(13-15-29)27-40-35-23-20-31-25-33(36(37)38)17-16-32(31)26-35/h12-15,18-23,26,33H,2-11,16-17,24-25,27H2,1H3,(H,37,38). The van der Waals surface area contributed by atoms with E-state index < -0.39 is 5.97 Å². The van der Waals surface area contributed by atoms with Crippen LogP contribution in [0.2, 0.25) is 0 Å². The van der Waals surface area contributed by atoms with Gasteiger partial charge in [-0.3, -0.25) is 4.79 Å². The molecule has 214 valence electrons. The SMILES string of the molecule is CCCCCCCCCCCCOc1ccc(-c2ccc(COc3ccc4c(c3)CCC(C(=O)O)C4)cc2)cc1. The Morgan fingerprint density at radius 1 is 0.725 bits per heavy atom. The van der Waals surface area contributed by atoms with Crippen molar-refractivity contribution in [3.63, 3.8) is 0 Å². The molecule has 0 saturated heterocycles. The minimum atomic E-state index is -0.696. The van der Waals surface area contributed by atoms with E-state index in [1.165, 1.54) is 74.5 Å². The van der Waals surface area contributed by atoms with Crippen molar-refractivity contribution in [3.05, 3.63) is 83.4 Å². The number of aliphatic carboxylic acids is 1. The van der Waals surface area contributed by atoms with Gasteiger partial charge in [-0.1, -0.05) is 107 Å². The highest BCUT2D eigenvalue weighted by Gasteiger charge is 2.24. The van der Waals surface area contributed by atoms with Gasteiger partial charge in [-0.25, -0.2) is 0 Å². The predicted molar refractivity (Wildman–Crippen MR) is 163 cm³/mol. The summed E-state index contributed by atoms with van der Waals surface area (Å²) in [6, 6.07) is 22.9. The van der Waals surface area contributed by atoms with Crippen molar-refractivity contribution < 1.29 is 19.4 Å². The van der Waals surface area contributed by atoms with Gasteiger partial charge >= 0.3 is 5.97 Å². The third-order valence-corrected chi connectivity index (χ3v) is 8.07. The first-order chi connectivity index (χ1) is 19.6. The number of unbranched alkanes of at least 4 members (excludes halogenated alkanes) is 9. The summed E-state index contributed by atoms with van der Waals surface area (Å²) in [6.07, 6.45) is 15.4. The zero-order chi connectivity index (χ0) is 28.0. The zero-order valence-electron chi connectivity index (χ0n) is 24.2. The van der Waals surface area contributed by atoms with E-state index in [9.17, 15) is 9.90 Å². The third-order valence-electron chi connectivity index (χ3n) is 8.07. The molecule has 1 N–H and O–H groups in total. The van der Waals surface area contributed by atoms with Gasteiger partial charge in [0.1, 0.15) is 18.1 Å². The number of rotatable bonds is 17. The van der Waals surface area contributed by atoms with Crippen LogP contribution in [-0.2, 0) is 24.2 Å². The Labute approximate surface area is 240 Å². The second-order valence-electron chi connectivity index (χ2n) is 11.2. The first-order valence-corrected chi connectivity index (χ1v) is 15.4. The highest BCUT2D eigenvalue weighted by Crippen LogP contribution is 2.29. The van der Waals surface area contributed by atoms with E-state index in [0.29, 0.717) is 19.4 Å². The summed E-state index contributed by atoms with van der Waals surface area (Å²) in [5.74, 6) is 0.812. The molecule has 0 bridgehead atoms. The number of carboxylic acids is 1. The van der Waals surface area contributed by atoms with Crippen LogP contribution in [0.1, 0.15) is 94.2 Å². The summed E-state index contributed by atoms with van der Waals surface area (Å²) in [6.45, 7) is 3.56. The molecule has 0 spiro atoms. The largest absolute Gasteiger partial charge is 0.494 e. The number of carbonyl (C=O) groups is 1. The summed E-state index contributed by atoms with van der Waals surface area (Å²) < 4.78 is 12.0. The van der Waals surface area contributed by atoms with Crippen molar-refractivity contribution in [1.29, 1.82) is 0 Å². The summed E-state index contributed by atoms with van der Waals surface area (Å²) in [5.41, 5.74) is 5.80. The van der Waals surface area contributed by atoms with Gasteiger partial charge in [0, 0.05) is 0 Å². The van der Waals surface area contributed by atoms with E-state index in [0.717, 1.165) is 42.1 Å². The number of hydrogen-bond donors (Lipinski definition) is 1. The average molecular weight is 543 g/mol. The fraction of sp³-hybridized carbons (Fsp3) is 0.472. The average Bonchev–Trinajstić information content (AvgIpc) is 2.99. The molecule has 0 amide bonds. The molecular formula is C36H46O4. The van der Waals surface area contributed by atoms with Crippen LogP contribution < -0.4 is 9.47 Å². The maximum atomic E-state index is 11.3. The van der Waals surface area contributed by atoms with Crippen LogP contribution in [0.5, 0.6) is 11.5 Å². The third kappa shape index (κ3) is 9.43. The first-order valence-electron chi connectivity index (χ1n) is 15.4. The molecule has 0 fully saturated rings. The maximum Gasteiger partial charge on any atom is 0.306 e. The van der Waals surface area contributed by atoms with E-state index in [1.54, 1.807) is 0 Å². The van der Waals surface area contributed by atoms with Crippen LogP contribution >= 0.6 is 0 Å². The summed E-state index contributed by atoms with van der Waals surface area (Å²) in [7, 11) is 0. The quantitative estimate of drug-likeness (QED) is 0.173. The van der Waals surface area contributed by atoms with Crippen LogP contribution in [-0.4, -0.2) is 17.7 Å². The Morgan fingerprint density at radius 2 is 1.32 bits per heavy atom. The van der Waals surface area contributed by atoms with Crippen molar-refractivity contribution in [2.45, 2.75) is 97.0 Å². The van der Waals surface area contributed by atoms with Gasteiger partial charge in [0.15, 0.2) is 0 Å². The topological polar surface area (TPSA) is 55.8 Å². The molecule has 0 aliphatic heterocycles. The number of aryl methyl sites for hydroxylation is 1. The number of fused-ring (bicyclic) bond motifs is 1. The Kier molecular flexibility index (Phi) is 12.0. The molecule has 1 atom stereocenters. The molecule has 0 heterocycles. The highest BCUT2D eigenvalue weighted by molar-refractivity contribution is 5.71. The maximum absolute atomic E-state index is 11.3. The Bertz CT molecular complexity index is 1170. The molecule has 0 saturated carbocycles. The lowest BCUT2D eigenvalue weighted by Gasteiger charge is -2.22. The van der Waals surface area contributed by atoms with E-state index in [1.807, 2.05) is 12.1 Å². The lowest BCUT2D eigenvalue weighted by atomic mass is 9.84. The Morgan fingerprint density at radius 3 is 1.98 bits per heavy atom. The number of ether oxygens (including phenoxy) is 2. The minimum Gasteiger partial charge on any atom is -0.494 e. The van der Waals surface area contributed by atoms with Gasteiger partial charge in [-0.15, -0.1) is 0 Å². The second kappa shape index (κ2) is 16.1. The molecule has 3 aromatic rings. The monoisotopic (exact) mass is 542 g/mol. The number of benzene rings is 3. The van der Waals surface area contributed by atoms with Crippen LogP contribution in [0.25, 0.3) is 11.1 Å². The molecule has 1 aliphatic rings. The smallest absolute Gasteiger partial charge is 0.306 e. The van der Waals surface area contributed by atoms with Crippen molar-refractivity contribution in [2.24, 2.45) is 5.92 Å². The van der Waals surface area contributed by atoms with Crippen molar-refractivity contribution in [1.82, 2.24) is 0 Å². The van der Waals surface area contributed by atoms with E-state index in [4.69, 9.17) is 9.47 Å². The van der Waals surface area contributed by atoms with E-state index in [-0.39, 0.29) is 5.92 Å². The molecule has 0 aromatic heterocycles.